The quantitative estimate of drug-likeness (QED) is 0.719. The lowest BCUT2D eigenvalue weighted by Gasteiger charge is -2.36. The molecule has 1 fully saturated rings. The van der Waals surface area contributed by atoms with Crippen LogP contribution in [0.4, 0.5) is 0 Å². The van der Waals surface area contributed by atoms with Gasteiger partial charge in [0.2, 0.25) is 5.91 Å². The number of nitrogens with one attached hydrogen (secondary N) is 1. The van der Waals surface area contributed by atoms with E-state index >= 15 is 0 Å². The third kappa shape index (κ3) is 4.00. The Hall–Kier alpha value is -1.10. The van der Waals surface area contributed by atoms with Gasteiger partial charge < -0.3 is 10.4 Å². The second kappa shape index (κ2) is 6.59. The first-order valence-electron chi connectivity index (χ1n) is 6.32. The van der Waals surface area contributed by atoms with Crippen molar-refractivity contribution in [3.63, 3.8) is 0 Å². The molecule has 0 bridgehead atoms. The van der Waals surface area contributed by atoms with Crippen LogP contribution in [0.3, 0.4) is 0 Å². The third-order valence-corrected chi connectivity index (χ3v) is 3.46. The van der Waals surface area contributed by atoms with Gasteiger partial charge in [0.1, 0.15) is 0 Å². The molecular weight excluding hydrogens is 220 g/mol. The normalized spacial score (nSPS) is 21.6. The molecule has 1 aliphatic rings. The molecular formula is C12H22N2O3. The molecule has 5 heteroatoms. The van der Waals surface area contributed by atoms with Gasteiger partial charge in [-0.25, -0.2) is 0 Å². The number of piperazine rings is 1. The van der Waals surface area contributed by atoms with E-state index in [2.05, 4.69) is 19.2 Å². The summed E-state index contributed by atoms with van der Waals surface area (Å²) in [5.74, 6) is -0.525. The van der Waals surface area contributed by atoms with Gasteiger partial charge in [-0.05, 0) is 5.92 Å². The lowest BCUT2D eigenvalue weighted by Crippen LogP contribution is -2.56. The maximum Gasteiger partial charge on any atom is 0.305 e. The Morgan fingerprint density at radius 3 is 2.71 bits per heavy atom. The van der Waals surface area contributed by atoms with E-state index in [-0.39, 0.29) is 12.3 Å². The van der Waals surface area contributed by atoms with Gasteiger partial charge in [-0.3, -0.25) is 14.5 Å². The molecule has 1 atom stereocenters. The van der Waals surface area contributed by atoms with Gasteiger partial charge in [-0.15, -0.1) is 0 Å². The van der Waals surface area contributed by atoms with Crippen molar-refractivity contribution < 1.29 is 14.7 Å². The number of carboxylic acid groups (broad SMARTS) is 1. The van der Waals surface area contributed by atoms with E-state index in [0.29, 0.717) is 12.5 Å². The Balaban J connectivity index is 2.64. The van der Waals surface area contributed by atoms with Crippen LogP contribution in [-0.2, 0) is 9.59 Å². The molecule has 5 nitrogen and oxygen atoms in total. The fourth-order valence-electron chi connectivity index (χ4n) is 2.25. The van der Waals surface area contributed by atoms with Crippen molar-refractivity contribution in [1.29, 1.82) is 0 Å². The van der Waals surface area contributed by atoms with Crippen molar-refractivity contribution in [1.82, 2.24) is 10.2 Å². The van der Waals surface area contributed by atoms with E-state index in [1.807, 2.05) is 4.90 Å². The first kappa shape index (κ1) is 14.0. The smallest absolute Gasteiger partial charge is 0.305 e. The zero-order valence-corrected chi connectivity index (χ0v) is 10.6. The predicted octanol–water partition coefficient (Wildman–Crippen LogP) is 0.698. The molecule has 1 heterocycles. The molecule has 0 aromatic rings. The summed E-state index contributed by atoms with van der Waals surface area (Å²) < 4.78 is 0. The van der Waals surface area contributed by atoms with E-state index < -0.39 is 12.0 Å². The molecule has 1 amide bonds. The summed E-state index contributed by atoms with van der Waals surface area (Å²) in [7, 11) is 0. The number of hydrogen-bond donors (Lipinski definition) is 2. The number of aliphatic carboxylic acids is 1. The summed E-state index contributed by atoms with van der Waals surface area (Å²) in [6.07, 6.45) is 2.02. The number of carboxylic acids is 1. The Labute approximate surface area is 102 Å². The largest absolute Gasteiger partial charge is 0.481 e. The van der Waals surface area contributed by atoms with Crippen LogP contribution in [0.2, 0.25) is 0 Å². The zero-order chi connectivity index (χ0) is 12.8. The number of amides is 1. The van der Waals surface area contributed by atoms with Crippen molar-refractivity contribution in [2.45, 2.75) is 39.2 Å². The number of carbonyl (C=O) groups is 2. The van der Waals surface area contributed by atoms with Crippen LogP contribution in [0.5, 0.6) is 0 Å². The molecule has 0 saturated carbocycles. The van der Waals surface area contributed by atoms with Crippen LogP contribution in [-0.4, -0.2) is 47.6 Å². The number of nitrogens with zero attached hydrogens (tertiary/aromatic N) is 1. The molecule has 0 unspecified atom stereocenters. The minimum Gasteiger partial charge on any atom is -0.481 e. The van der Waals surface area contributed by atoms with Crippen LogP contribution in [0.25, 0.3) is 0 Å². The molecule has 98 valence electrons. The van der Waals surface area contributed by atoms with Gasteiger partial charge in [0.25, 0.3) is 0 Å². The third-order valence-electron chi connectivity index (χ3n) is 3.46. The van der Waals surface area contributed by atoms with Crippen LogP contribution in [0, 0.1) is 5.92 Å². The number of carbonyl (C=O) groups excluding carboxylic acids is 1. The fraction of sp³-hybridized carbons (Fsp3) is 0.833. The van der Waals surface area contributed by atoms with Crippen molar-refractivity contribution in [3.8, 4) is 0 Å². The Morgan fingerprint density at radius 1 is 1.53 bits per heavy atom. The lowest BCUT2D eigenvalue weighted by molar-refractivity contribution is -0.143. The highest BCUT2D eigenvalue weighted by molar-refractivity contribution is 5.86. The minimum absolute atomic E-state index is 0.105. The van der Waals surface area contributed by atoms with Crippen LogP contribution in [0.1, 0.15) is 33.1 Å². The summed E-state index contributed by atoms with van der Waals surface area (Å²) in [6, 6.07) is -0.498. The van der Waals surface area contributed by atoms with Gasteiger partial charge >= 0.3 is 5.97 Å². The highest BCUT2D eigenvalue weighted by Crippen LogP contribution is 2.15. The van der Waals surface area contributed by atoms with Crippen molar-refractivity contribution in [2.75, 3.05) is 19.6 Å². The molecule has 1 aliphatic heterocycles. The van der Waals surface area contributed by atoms with Crippen LogP contribution < -0.4 is 5.32 Å². The van der Waals surface area contributed by atoms with Gasteiger partial charge in [0, 0.05) is 19.6 Å². The van der Waals surface area contributed by atoms with Gasteiger partial charge in [-0.2, -0.15) is 0 Å². The van der Waals surface area contributed by atoms with E-state index in [1.165, 1.54) is 0 Å². The second-order valence-corrected chi connectivity index (χ2v) is 4.58. The van der Waals surface area contributed by atoms with Crippen molar-refractivity contribution >= 4 is 11.9 Å². The maximum atomic E-state index is 11.7. The molecule has 0 aromatic heterocycles. The van der Waals surface area contributed by atoms with Crippen molar-refractivity contribution in [3.05, 3.63) is 0 Å². The van der Waals surface area contributed by atoms with Gasteiger partial charge in [0.15, 0.2) is 0 Å². The first-order valence-corrected chi connectivity index (χ1v) is 6.32. The average Bonchev–Trinajstić information content (AvgIpc) is 2.29. The molecule has 2 N–H and O–H groups in total. The fourth-order valence-corrected chi connectivity index (χ4v) is 2.25. The maximum absolute atomic E-state index is 11.7. The molecule has 1 saturated heterocycles. The molecule has 1 rings (SSSR count). The standard InChI is InChI=1S/C12H22N2O3/c1-3-9(4-2)8-14-6-5-13-12(17)10(14)7-11(15)16/h9-10H,3-8H2,1-2H3,(H,13,17)(H,15,16)/t10-/m0/s1. The second-order valence-electron chi connectivity index (χ2n) is 4.58. The highest BCUT2D eigenvalue weighted by Gasteiger charge is 2.32. The monoisotopic (exact) mass is 242 g/mol. The van der Waals surface area contributed by atoms with Gasteiger partial charge in [0.05, 0.1) is 12.5 Å². The SMILES string of the molecule is CCC(CC)CN1CCNC(=O)[C@@H]1CC(=O)O. The van der Waals surface area contributed by atoms with Gasteiger partial charge in [-0.1, -0.05) is 26.7 Å². The zero-order valence-electron chi connectivity index (χ0n) is 10.6. The highest BCUT2D eigenvalue weighted by atomic mass is 16.4. The molecule has 0 aromatic carbocycles. The van der Waals surface area contributed by atoms with E-state index in [4.69, 9.17) is 5.11 Å². The predicted molar refractivity (Wildman–Crippen MR) is 64.7 cm³/mol. The van der Waals surface area contributed by atoms with E-state index in [1.54, 1.807) is 0 Å². The Bertz CT molecular complexity index is 277. The molecule has 0 radical (unpaired) electrons. The van der Waals surface area contributed by atoms with E-state index in [9.17, 15) is 9.59 Å². The summed E-state index contributed by atoms with van der Waals surface area (Å²) in [5, 5.41) is 11.6. The molecule has 0 spiro atoms. The molecule has 17 heavy (non-hydrogen) atoms. The lowest BCUT2D eigenvalue weighted by atomic mass is 10.00. The topological polar surface area (TPSA) is 69.6 Å². The van der Waals surface area contributed by atoms with Crippen LogP contribution in [0.15, 0.2) is 0 Å². The number of hydrogen-bond acceptors (Lipinski definition) is 3. The summed E-state index contributed by atoms with van der Waals surface area (Å²) in [4.78, 5) is 24.5. The summed E-state index contributed by atoms with van der Waals surface area (Å²) >= 11 is 0. The Kier molecular flexibility index (Phi) is 5.41. The first-order chi connectivity index (χ1) is 8.08. The average molecular weight is 242 g/mol. The summed E-state index contributed by atoms with van der Waals surface area (Å²) in [5.41, 5.74) is 0. The van der Waals surface area contributed by atoms with E-state index in [0.717, 1.165) is 25.9 Å². The Morgan fingerprint density at radius 2 is 2.18 bits per heavy atom. The summed E-state index contributed by atoms with van der Waals surface area (Å²) in [6.45, 7) is 6.45. The van der Waals surface area contributed by atoms with Crippen molar-refractivity contribution in [2.24, 2.45) is 5.92 Å². The molecule has 0 aliphatic carbocycles. The minimum atomic E-state index is -0.915. The van der Waals surface area contributed by atoms with Crippen LogP contribution >= 0.6 is 0 Å². The number of rotatable bonds is 6.